The largest absolute Gasteiger partial charge is 0.367 e. The van der Waals surface area contributed by atoms with Crippen LogP contribution >= 0.6 is 0 Å². The van der Waals surface area contributed by atoms with Crippen molar-refractivity contribution >= 4 is 17.5 Å². The molecular weight excluding hydrogens is 326 g/mol. The third kappa shape index (κ3) is 4.12. The van der Waals surface area contributed by atoms with Crippen LogP contribution in [0.4, 0.5) is 11.6 Å². The summed E-state index contributed by atoms with van der Waals surface area (Å²) in [7, 11) is 0. The zero-order chi connectivity index (χ0) is 17.9. The molecule has 26 heavy (non-hydrogen) atoms. The van der Waals surface area contributed by atoms with Crippen molar-refractivity contribution < 1.29 is 4.79 Å². The highest BCUT2D eigenvalue weighted by atomic mass is 16.1. The molecule has 1 amide bonds. The average molecular weight is 351 g/mol. The van der Waals surface area contributed by atoms with Crippen LogP contribution in [0, 0.1) is 6.92 Å². The second kappa shape index (κ2) is 7.32. The van der Waals surface area contributed by atoms with Crippen molar-refractivity contribution in [1.82, 2.24) is 15.3 Å². The van der Waals surface area contributed by atoms with Crippen LogP contribution in [-0.4, -0.2) is 35.0 Å². The van der Waals surface area contributed by atoms with Crippen molar-refractivity contribution in [2.45, 2.75) is 45.2 Å². The number of hydrogen-bond donors (Lipinski definition) is 2. The second-order valence-corrected chi connectivity index (χ2v) is 7.20. The standard InChI is InChI=1S/C20H25N5O/c1-14-10-15(11-19(23-14)25-8-2-3-9-25)12-22-20(26)16-4-7-18(21-13-16)24-17-5-6-17/h4,7,10-11,13,17H,2-3,5-6,8-9,12H2,1H3,(H,21,24)(H,22,26). The molecule has 0 unspecified atom stereocenters. The quantitative estimate of drug-likeness (QED) is 0.837. The van der Waals surface area contributed by atoms with Gasteiger partial charge < -0.3 is 15.5 Å². The first-order chi connectivity index (χ1) is 12.7. The lowest BCUT2D eigenvalue weighted by Gasteiger charge is -2.18. The molecule has 4 rings (SSSR count). The molecule has 136 valence electrons. The molecule has 2 aromatic heterocycles. The number of aromatic nitrogens is 2. The molecule has 6 heteroatoms. The van der Waals surface area contributed by atoms with Gasteiger partial charge in [-0.05, 0) is 62.4 Å². The molecule has 2 aliphatic rings. The van der Waals surface area contributed by atoms with Crippen LogP contribution in [0.15, 0.2) is 30.5 Å². The predicted octanol–water partition coefficient (Wildman–Crippen LogP) is 2.89. The Bertz CT molecular complexity index is 779. The maximum absolute atomic E-state index is 12.4. The summed E-state index contributed by atoms with van der Waals surface area (Å²) in [5.41, 5.74) is 2.64. The van der Waals surface area contributed by atoms with Crippen LogP contribution in [0.3, 0.4) is 0 Å². The van der Waals surface area contributed by atoms with Gasteiger partial charge in [-0.2, -0.15) is 0 Å². The summed E-state index contributed by atoms with van der Waals surface area (Å²) < 4.78 is 0. The van der Waals surface area contributed by atoms with Crippen molar-refractivity contribution in [3.63, 3.8) is 0 Å². The van der Waals surface area contributed by atoms with Crippen LogP contribution in [0.5, 0.6) is 0 Å². The second-order valence-electron chi connectivity index (χ2n) is 7.20. The van der Waals surface area contributed by atoms with Gasteiger partial charge in [0.15, 0.2) is 0 Å². The molecule has 0 radical (unpaired) electrons. The highest BCUT2D eigenvalue weighted by molar-refractivity contribution is 5.94. The van der Waals surface area contributed by atoms with Crippen LogP contribution < -0.4 is 15.5 Å². The minimum atomic E-state index is -0.104. The summed E-state index contributed by atoms with van der Waals surface area (Å²) in [6.45, 7) is 4.62. The van der Waals surface area contributed by atoms with Gasteiger partial charge >= 0.3 is 0 Å². The number of carbonyl (C=O) groups excluding carboxylic acids is 1. The van der Waals surface area contributed by atoms with Crippen LogP contribution in [-0.2, 0) is 6.54 Å². The Labute approximate surface area is 154 Å². The molecule has 2 aromatic rings. The van der Waals surface area contributed by atoms with E-state index in [0.717, 1.165) is 36.0 Å². The lowest BCUT2D eigenvalue weighted by molar-refractivity contribution is 0.0950. The maximum Gasteiger partial charge on any atom is 0.253 e. The molecule has 1 saturated carbocycles. The Balaban J connectivity index is 1.37. The number of hydrogen-bond acceptors (Lipinski definition) is 5. The van der Waals surface area contributed by atoms with E-state index in [4.69, 9.17) is 0 Å². The van der Waals surface area contributed by atoms with E-state index >= 15 is 0 Å². The molecular formula is C20H25N5O. The van der Waals surface area contributed by atoms with Crippen LogP contribution in [0.2, 0.25) is 0 Å². The summed E-state index contributed by atoms with van der Waals surface area (Å²) in [5.74, 6) is 1.75. The first-order valence-corrected chi connectivity index (χ1v) is 9.41. The summed E-state index contributed by atoms with van der Waals surface area (Å²) in [6, 6.07) is 8.36. The Morgan fingerprint density at radius 2 is 2.04 bits per heavy atom. The lowest BCUT2D eigenvalue weighted by Crippen LogP contribution is -2.24. The average Bonchev–Trinajstić information content (AvgIpc) is 3.28. The van der Waals surface area contributed by atoms with E-state index in [2.05, 4.69) is 31.6 Å². The molecule has 1 saturated heterocycles. The first kappa shape index (κ1) is 16.8. The van der Waals surface area contributed by atoms with Crippen molar-refractivity contribution in [2.75, 3.05) is 23.3 Å². The molecule has 2 fully saturated rings. The summed E-state index contributed by atoms with van der Waals surface area (Å²) >= 11 is 0. The molecule has 6 nitrogen and oxygen atoms in total. The highest BCUT2D eigenvalue weighted by Gasteiger charge is 2.21. The lowest BCUT2D eigenvalue weighted by atomic mass is 10.2. The predicted molar refractivity (Wildman–Crippen MR) is 102 cm³/mol. The number of nitrogens with zero attached hydrogens (tertiary/aromatic N) is 3. The molecule has 2 N–H and O–H groups in total. The molecule has 3 heterocycles. The van der Waals surface area contributed by atoms with Crippen molar-refractivity contribution in [3.05, 3.63) is 47.3 Å². The zero-order valence-electron chi connectivity index (χ0n) is 15.2. The Morgan fingerprint density at radius 1 is 1.23 bits per heavy atom. The fourth-order valence-electron chi connectivity index (χ4n) is 3.27. The third-order valence-electron chi connectivity index (χ3n) is 4.84. The summed E-state index contributed by atoms with van der Waals surface area (Å²) in [5, 5.41) is 6.31. The molecule has 0 atom stereocenters. The molecule has 0 bridgehead atoms. The van der Waals surface area contributed by atoms with Crippen LogP contribution in [0.25, 0.3) is 0 Å². The topological polar surface area (TPSA) is 70.2 Å². The number of rotatable bonds is 6. The van der Waals surface area contributed by atoms with E-state index in [1.807, 2.05) is 25.1 Å². The summed E-state index contributed by atoms with van der Waals surface area (Å²) in [6.07, 6.45) is 6.48. The van der Waals surface area contributed by atoms with Gasteiger partial charge in [0.1, 0.15) is 11.6 Å². The van der Waals surface area contributed by atoms with Crippen LogP contribution in [0.1, 0.15) is 47.3 Å². The molecule has 0 spiro atoms. The van der Waals surface area contributed by atoms with Crippen molar-refractivity contribution in [3.8, 4) is 0 Å². The van der Waals surface area contributed by atoms with Gasteiger partial charge in [-0.15, -0.1) is 0 Å². The smallest absolute Gasteiger partial charge is 0.253 e. The molecule has 1 aliphatic carbocycles. The van der Waals surface area contributed by atoms with E-state index in [0.29, 0.717) is 18.2 Å². The Morgan fingerprint density at radius 3 is 2.73 bits per heavy atom. The monoisotopic (exact) mass is 351 g/mol. The van der Waals surface area contributed by atoms with Crippen molar-refractivity contribution in [2.24, 2.45) is 0 Å². The normalized spacial score (nSPS) is 16.6. The number of carbonyl (C=O) groups is 1. The van der Waals surface area contributed by atoms with E-state index in [1.54, 1.807) is 6.20 Å². The van der Waals surface area contributed by atoms with E-state index in [1.165, 1.54) is 25.7 Å². The number of aryl methyl sites for hydroxylation is 1. The fraction of sp³-hybridized carbons (Fsp3) is 0.450. The van der Waals surface area contributed by atoms with E-state index < -0.39 is 0 Å². The summed E-state index contributed by atoms with van der Waals surface area (Å²) in [4.78, 5) is 23.7. The van der Waals surface area contributed by atoms with Gasteiger partial charge in [-0.25, -0.2) is 9.97 Å². The maximum atomic E-state index is 12.4. The Hall–Kier alpha value is -2.63. The first-order valence-electron chi connectivity index (χ1n) is 9.41. The number of pyridine rings is 2. The third-order valence-corrected chi connectivity index (χ3v) is 4.84. The minimum Gasteiger partial charge on any atom is -0.367 e. The van der Waals surface area contributed by atoms with Gasteiger partial charge in [0, 0.05) is 37.6 Å². The van der Waals surface area contributed by atoms with Gasteiger partial charge in [-0.3, -0.25) is 4.79 Å². The highest BCUT2D eigenvalue weighted by Crippen LogP contribution is 2.23. The van der Waals surface area contributed by atoms with Gasteiger partial charge in [-0.1, -0.05) is 0 Å². The minimum absolute atomic E-state index is 0.104. The number of anilines is 2. The molecule has 0 aromatic carbocycles. The van der Waals surface area contributed by atoms with E-state index in [-0.39, 0.29) is 5.91 Å². The zero-order valence-corrected chi connectivity index (χ0v) is 15.2. The van der Waals surface area contributed by atoms with Gasteiger partial charge in [0.25, 0.3) is 5.91 Å². The fourth-order valence-corrected chi connectivity index (χ4v) is 3.27. The Kier molecular flexibility index (Phi) is 4.73. The van der Waals surface area contributed by atoms with Gasteiger partial charge in [0.2, 0.25) is 0 Å². The number of amides is 1. The van der Waals surface area contributed by atoms with E-state index in [9.17, 15) is 4.79 Å². The number of nitrogens with one attached hydrogen (secondary N) is 2. The van der Waals surface area contributed by atoms with Gasteiger partial charge in [0.05, 0.1) is 5.56 Å². The van der Waals surface area contributed by atoms with Crippen molar-refractivity contribution in [1.29, 1.82) is 0 Å². The SMILES string of the molecule is Cc1cc(CNC(=O)c2ccc(NC3CC3)nc2)cc(N2CCCC2)n1. The molecule has 1 aliphatic heterocycles.